The molecule has 27 heavy (non-hydrogen) atoms. The number of rotatable bonds is 2. The topological polar surface area (TPSA) is 65.0 Å². The van der Waals surface area contributed by atoms with Gasteiger partial charge in [0.1, 0.15) is 5.84 Å². The Hall–Kier alpha value is -2.54. The summed E-state index contributed by atoms with van der Waals surface area (Å²) >= 11 is 1.59. The van der Waals surface area contributed by atoms with Crippen molar-refractivity contribution in [3.05, 3.63) is 52.6 Å². The molecule has 0 bridgehead atoms. The summed E-state index contributed by atoms with van der Waals surface area (Å²) in [4.78, 5) is 34.2. The monoisotopic (exact) mass is 382 g/mol. The lowest BCUT2D eigenvalue weighted by Gasteiger charge is -2.38. The van der Waals surface area contributed by atoms with Crippen molar-refractivity contribution in [3.8, 4) is 0 Å². The molecule has 0 radical (unpaired) electrons. The number of carbonyl (C=O) groups is 2. The molecule has 0 saturated carbocycles. The lowest BCUT2D eigenvalue weighted by molar-refractivity contribution is -0.114. The van der Waals surface area contributed by atoms with Crippen LogP contribution in [0.3, 0.4) is 0 Å². The molecule has 140 valence electrons. The van der Waals surface area contributed by atoms with E-state index in [0.717, 1.165) is 54.1 Å². The van der Waals surface area contributed by atoms with Crippen molar-refractivity contribution < 1.29 is 9.59 Å². The van der Waals surface area contributed by atoms with Crippen LogP contribution < -0.4 is 10.2 Å². The molecule has 0 unspecified atom stereocenters. The minimum absolute atomic E-state index is 0.0741. The molecule has 0 atom stereocenters. The third kappa shape index (κ3) is 3.64. The summed E-state index contributed by atoms with van der Waals surface area (Å²) in [7, 11) is 1.63. The number of nitrogens with one attached hydrogen (secondary N) is 1. The van der Waals surface area contributed by atoms with E-state index in [9.17, 15) is 9.59 Å². The van der Waals surface area contributed by atoms with Crippen LogP contribution in [0.2, 0.25) is 0 Å². The van der Waals surface area contributed by atoms with Crippen LogP contribution in [-0.4, -0.2) is 61.4 Å². The maximum absolute atomic E-state index is 12.4. The number of nitrogens with zero attached hydrogens (tertiary/aromatic N) is 3. The fraction of sp³-hybridized carbons (Fsp3) is 0.350. The molecule has 0 aromatic heterocycles. The molecule has 4 rings (SSSR count). The standard InChI is InChI=1S/C20H22N4O2S/c1-21-20(26)14-4-6-15(7-5-14)23-8-10-24(11-9-23)18-13-17(25)19-16(22-18)3-2-12-27-19/h2-7H,8-13H2,1H3,(H,21,26). The summed E-state index contributed by atoms with van der Waals surface area (Å²) < 4.78 is 0. The molecule has 3 heterocycles. The summed E-state index contributed by atoms with van der Waals surface area (Å²) in [5.41, 5.74) is 2.60. The number of aliphatic imine (C=N–C) groups is 1. The molecule has 1 amide bonds. The first-order valence-electron chi connectivity index (χ1n) is 9.12. The second-order valence-corrected chi connectivity index (χ2v) is 7.69. The van der Waals surface area contributed by atoms with Crippen LogP contribution in [0.4, 0.5) is 5.69 Å². The highest BCUT2D eigenvalue weighted by Gasteiger charge is 2.28. The zero-order chi connectivity index (χ0) is 18.8. The van der Waals surface area contributed by atoms with Crippen LogP contribution in [-0.2, 0) is 4.79 Å². The largest absolute Gasteiger partial charge is 0.368 e. The number of amidine groups is 1. The smallest absolute Gasteiger partial charge is 0.251 e. The molecule has 1 aromatic carbocycles. The molecule has 1 N–H and O–H groups in total. The fourth-order valence-corrected chi connectivity index (χ4v) is 4.38. The second kappa shape index (κ2) is 7.60. The lowest BCUT2D eigenvalue weighted by Crippen LogP contribution is -2.49. The highest BCUT2D eigenvalue weighted by molar-refractivity contribution is 8.04. The average Bonchev–Trinajstić information content (AvgIpc) is 2.73. The number of hydrogen-bond donors (Lipinski definition) is 1. The number of Topliss-reactive ketones (excluding diaryl/α,β-unsaturated/α-hetero) is 1. The Bertz CT molecular complexity index is 849. The molecule has 3 aliphatic rings. The normalized spacial score (nSPS) is 19.7. The third-order valence-electron chi connectivity index (χ3n) is 5.02. The molecular weight excluding hydrogens is 360 g/mol. The quantitative estimate of drug-likeness (QED) is 0.848. The molecular formula is C20H22N4O2S. The Morgan fingerprint density at radius 2 is 1.81 bits per heavy atom. The highest BCUT2D eigenvalue weighted by Crippen LogP contribution is 2.32. The van der Waals surface area contributed by atoms with Crippen LogP contribution in [0.5, 0.6) is 0 Å². The number of anilines is 1. The van der Waals surface area contributed by atoms with E-state index in [-0.39, 0.29) is 11.7 Å². The number of allylic oxidation sites excluding steroid dienone is 2. The first-order chi connectivity index (χ1) is 13.2. The van der Waals surface area contributed by atoms with Crippen LogP contribution in [0.15, 0.2) is 52.0 Å². The lowest BCUT2D eigenvalue weighted by atomic mass is 10.1. The molecule has 3 aliphatic heterocycles. The van der Waals surface area contributed by atoms with Gasteiger partial charge in [-0.3, -0.25) is 9.59 Å². The second-order valence-electron chi connectivity index (χ2n) is 6.66. The number of benzene rings is 1. The van der Waals surface area contributed by atoms with Gasteiger partial charge in [-0.2, -0.15) is 0 Å². The van der Waals surface area contributed by atoms with E-state index in [2.05, 4.69) is 21.2 Å². The van der Waals surface area contributed by atoms with Gasteiger partial charge in [-0.05, 0) is 30.3 Å². The van der Waals surface area contributed by atoms with Gasteiger partial charge >= 0.3 is 0 Å². The highest BCUT2D eigenvalue weighted by atomic mass is 32.2. The van der Waals surface area contributed by atoms with Gasteiger partial charge < -0.3 is 15.1 Å². The number of piperazine rings is 1. The Labute approximate surface area is 163 Å². The van der Waals surface area contributed by atoms with E-state index in [1.54, 1.807) is 18.8 Å². The average molecular weight is 382 g/mol. The predicted octanol–water partition coefficient (Wildman–Crippen LogP) is 2.05. The fourth-order valence-electron chi connectivity index (χ4n) is 3.53. The van der Waals surface area contributed by atoms with Crippen LogP contribution in [0.1, 0.15) is 16.8 Å². The van der Waals surface area contributed by atoms with Crippen LogP contribution in [0, 0.1) is 0 Å². The molecule has 6 nitrogen and oxygen atoms in total. The Morgan fingerprint density at radius 1 is 1.11 bits per heavy atom. The maximum Gasteiger partial charge on any atom is 0.251 e. The molecule has 0 aliphatic carbocycles. The zero-order valence-electron chi connectivity index (χ0n) is 15.3. The van der Waals surface area contributed by atoms with Gasteiger partial charge in [-0.25, -0.2) is 4.99 Å². The molecule has 1 aromatic rings. The summed E-state index contributed by atoms with van der Waals surface area (Å²) in [5, 5.41) is 2.64. The van der Waals surface area contributed by atoms with Crippen molar-refractivity contribution in [1.29, 1.82) is 0 Å². The van der Waals surface area contributed by atoms with Gasteiger partial charge in [-0.15, -0.1) is 11.8 Å². The van der Waals surface area contributed by atoms with Crippen molar-refractivity contribution >= 4 is 35.0 Å². The summed E-state index contributed by atoms with van der Waals surface area (Å²) in [5.74, 6) is 1.86. The van der Waals surface area contributed by atoms with E-state index < -0.39 is 0 Å². The molecule has 1 fully saturated rings. The molecule has 0 spiro atoms. The number of hydrogen-bond acceptors (Lipinski definition) is 6. The van der Waals surface area contributed by atoms with Crippen molar-refractivity contribution in [2.45, 2.75) is 6.42 Å². The van der Waals surface area contributed by atoms with E-state index in [1.165, 1.54) is 0 Å². The Morgan fingerprint density at radius 3 is 2.52 bits per heavy atom. The third-order valence-corrected chi connectivity index (χ3v) is 6.10. The maximum atomic E-state index is 12.4. The first-order valence-corrected chi connectivity index (χ1v) is 10.1. The van der Waals surface area contributed by atoms with Crippen molar-refractivity contribution in [3.63, 3.8) is 0 Å². The Balaban J connectivity index is 1.41. The van der Waals surface area contributed by atoms with Gasteiger partial charge in [0.05, 0.1) is 17.0 Å². The molecule has 7 heteroatoms. The van der Waals surface area contributed by atoms with Crippen LogP contribution in [0.25, 0.3) is 0 Å². The summed E-state index contributed by atoms with van der Waals surface area (Å²) in [6, 6.07) is 7.68. The van der Waals surface area contributed by atoms with Crippen molar-refractivity contribution in [2.24, 2.45) is 4.99 Å². The summed E-state index contributed by atoms with van der Waals surface area (Å²) in [6.45, 7) is 3.40. The summed E-state index contributed by atoms with van der Waals surface area (Å²) in [6.07, 6.45) is 4.43. The number of amides is 1. The van der Waals surface area contributed by atoms with Gasteiger partial charge in [0, 0.05) is 50.2 Å². The van der Waals surface area contributed by atoms with Gasteiger partial charge in [0.25, 0.3) is 5.91 Å². The zero-order valence-corrected chi connectivity index (χ0v) is 16.1. The first kappa shape index (κ1) is 17.9. The number of ketones is 1. The Kier molecular flexibility index (Phi) is 5.03. The van der Waals surface area contributed by atoms with E-state index in [1.807, 2.05) is 30.3 Å². The van der Waals surface area contributed by atoms with E-state index in [4.69, 9.17) is 4.99 Å². The van der Waals surface area contributed by atoms with Gasteiger partial charge in [0.15, 0.2) is 5.78 Å². The van der Waals surface area contributed by atoms with E-state index >= 15 is 0 Å². The van der Waals surface area contributed by atoms with Crippen LogP contribution >= 0.6 is 11.8 Å². The van der Waals surface area contributed by atoms with Crippen molar-refractivity contribution in [2.75, 3.05) is 43.9 Å². The minimum Gasteiger partial charge on any atom is -0.368 e. The molecule has 1 saturated heterocycles. The van der Waals surface area contributed by atoms with E-state index in [0.29, 0.717) is 12.0 Å². The SMILES string of the molecule is CNC(=O)c1ccc(N2CCN(C3=NC4=C(SCC=C4)C(=O)C3)CC2)cc1. The predicted molar refractivity (Wildman–Crippen MR) is 109 cm³/mol. The van der Waals surface area contributed by atoms with Gasteiger partial charge in [-0.1, -0.05) is 6.08 Å². The number of thioether (sulfide) groups is 1. The number of carbonyl (C=O) groups excluding carboxylic acids is 2. The van der Waals surface area contributed by atoms with Crippen molar-refractivity contribution in [1.82, 2.24) is 10.2 Å². The minimum atomic E-state index is -0.0741. The van der Waals surface area contributed by atoms with Gasteiger partial charge in [0.2, 0.25) is 0 Å².